The highest BCUT2D eigenvalue weighted by Gasteiger charge is 2.12. The lowest BCUT2D eigenvalue weighted by atomic mass is 10.2. The lowest BCUT2D eigenvalue weighted by Gasteiger charge is -1.97. The third kappa shape index (κ3) is 1.71. The number of nitrogens with zero attached hydrogens (tertiary/aromatic N) is 1. The van der Waals surface area contributed by atoms with Crippen molar-refractivity contribution in [1.29, 1.82) is 0 Å². The zero-order valence-electron chi connectivity index (χ0n) is 9.53. The third-order valence-corrected chi connectivity index (χ3v) is 2.95. The number of carbonyl (C=O) groups is 1. The van der Waals surface area contributed by atoms with Crippen molar-refractivity contribution in [2.24, 2.45) is 0 Å². The topological polar surface area (TPSA) is 55.1 Å². The number of fused-ring (bicyclic) bond motifs is 2. The van der Waals surface area contributed by atoms with Crippen LogP contribution in [0.4, 0.5) is 0 Å². The molecule has 1 aromatic carbocycles. The van der Waals surface area contributed by atoms with E-state index in [1.165, 1.54) is 0 Å². The molecule has 0 spiro atoms. The molecule has 0 atom stereocenters. The van der Waals surface area contributed by atoms with E-state index in [1.54, 1.807) is 25.2 Å². The van der Waals surface area contributed by atoms with Crippen molar-refractivity contribution < 1.29 is 9.21 Å². The molecule has 0 saturated carbocycles. The van der Waals surface area contributed by atoms with E-state index in [1.807, 2.05) is 12.1 Å². The predicted octanol–water partition coefficient (Wildman–Crippen LogP) is 2.99. The predicted molar refractivity (Wildman–Crippen MR) is 69.9 cm³/mol. The average molecular weight is 261 g/mol. The summed E-state index contributed by atoms with van der Waals surface area (Å²) in [5.41, 5.74) is 1.18. The van der Waals surface area contributed by atoms with Gasteiger partial charge in [-0.05, 0) is 24.3 Å². The number of benzene rings is 1. The highest BCUT2D eigenvalue weighted by molar-refractivity contribution is 6.31. The Bertz CT molecular complexity index is 764. The zero-order valence-corrected chi connectivity index (χ0v) is 10.3. The molecule has 1 amide bonds. The van der Waals surface area contributed by atoms with E-state index in [0.717, 1.165) is 16.3 Å². The molecule has 0 aliphatic heterocycles. The molecule has 2 heterocycles. The van der Waals surface area contributed by atoms with E-state index in [2.05, 4.69) is 10.3 Å². The molecule has 0 radical (unpaired) electrons. The van der Waals surface area contributed by atoms with E-state index in [4.69, 9.17) is 16.0 Å². The van der Waals surface area contributed by atoms with Gasteiger partial charge in [0.25, 0.3) is 5.91 Å². The number of aromatic nitrogens is 1. The molecule has 3 aromatic rings. The summed E-state index contributed by atoms with van der Waals surface area (Å²) in [5, 5.41) is 4.88. The number of amides is 1. The number of halogens is 1. The van der Waals surface area contributed by atoms with Gasteiger partial charge in [0, 0.05) is 22.8 Å². The Morgan fingerprint density at radius 3 is 2.89 bits per heavy atom. The summed E-state index contributed by atoms with van der Waals surface area (Å²) in [5.74, 6) is -0.0171. The maximum absolute atomic E-state index is 11.5. The van der Waals surface area contributed by atoms with Crippen molar-refractivity contribution in [2.75, 3.05) is 7.05 Å². The number of carbonyl (C=O) groups excluding carboxylic acids is 1. The fourth-order valence-electron chi connectivity index (χ4n) is 1.83. The van der Waals surface area contributed by atoms with Crippen molar-refractivity contribution in [3.8, 4) is 0 Å². The van der Waals surface area contributed by atoms with Crippen LogP contribution >= 0.6 is 11.6 Å². The Balaban J connectivity index is 2.27. The van der Waals surface area contributed by atoms with E-state index < -0.39 is 0 Å². The van der Waals surface area contributed by atoms with Gasteiger partial charge in [-0.15, -0.1) is 0 Å². The van der Waals surface area contributed by atoms with E-state index in [-0.39, 0.29) is 11.7 Å². The normalized spacial score (nSPS) is 11.0. The molecule has 0 aliphatic rings. The van der Waals surface area contributed by atoms with Gasteiger partial charge in [0.15, 0.2) is 5.76 Å². The average Bonchev–Trinajstić information content (AvgIpc) is 2.77. The zero-order chi connectivity index (χ0) is 12.7. The first kappa shape index (κ1) is 11.0. The van der Waals surface area contributed by atoms with E-state index in [9.17, 15) is 4.79 Å². The monoisotopic (exact) mass is 260 g/mol. The molecule has 0 aliphatic carbocycles. The maximum atomic E-state index is 11.5. The highest BCUT2D eigenvalue weighted by Crippen LogP contribution is 2.24. The summed E-state index contributed by atoms with van der Waals surface area (Å²) in [6.07, 6.45) is 0. The lowest BCUT2D eigenvalue weighted by molar-refractivity contribution is 0.0937. The fourth-order valence-corrected chi connectivity index (χ4v) is 2.00. The number of furan rings is 1. The smallest absolute Gasteiger partial charge is 0.286 e. The van der Waals surface area contributed by atoms with Crippen LogP contribution in [0.5, 0.6) is 0 Å². The van der Waals surface area contributed by atoms with Gasteiger partial charge >= 0.3 is 0 Å². The molecule has 5 heteroatoms. The summed E-state index contributed by atoms with van der Waals surface area (Å²) >= 11 is 5.91. The summed E-state index contributed by atoms with van der Waals surface area (Å²) in [6, 6.07) is 9.05. The minimum Gasteiger partial charge on any atom is -0.433 e. The molecule has 0 fully saturated rings. The summed E-state index contributed by atoms with van der Waals surface area (Å²) in [6.45, 7) is 0. The first-order valence-corrected chi connectivity index (χ1v) is 5.77. The minimum atomic E-state index is -0.268. The first-order chi connectivity index (χ1) is 8.67. The SMILES string of the molecule is CNC(=O)c1cc2cc3ccc(Cl)cc3nc2o1. The Hall–Kier alpha value is -2.07. The molecule has 4 nitrogen and oxygen atoms in total. The Morgan fingerprint density at radius 2 is 2.11 bits per heavy atom. The summed E-state index contributed by atoms with van der Waals surface area (Å²) in [4.78, 5) is 15.8. The lowest BCUT2D eigenvalue weighted by Crippen LogP contribution is -2.16. The van der Waals surface area contributed by atoms with Gasteiger partial charge < -0.3 is 9.73 Å². The quantitative estimate of drug-likeness (QED) is 0.732. The van der Waals surface area contributed by atoms with Crippen LogP contribution in [0.2, 0.25) is 5.02 Å². The minimum absolute atomic E-state index is 0.251. The van der Waals surface area contributed by atoms with Crippen LogP contribution in [0.15, 0.2) is 34.7 Å². The molecule has 2 aromatic heterocycles. The van der Waals surface area contributed by atoms with Crippen molar-refractivity contribution in [3.63, 3.8) is 0 Å². The number of hydrogen-bond acceptors (Lipinski definition) is 3. The first-order valence-electron chi connectivity index (χ1n) is 5.39. The van der Waals surface area contributed by atoms with Gasteiger partial charge in [0.2, 0.25) is 5.71 Å². The molecule has 90 valence electrons. The van der Waals surface area contributed by atoms with Crippen LogP contribution < -0.4 is 5.32 Å². The van der Waals surface area contributed by atoms with Crippen LogP contribution in [-0.2, 0) is 0 Å². The van der Waals surface area contributed by atoms with Gasteiger partial charge in [-0.25, -0.2) is 4.98 Å². The number of pyridine rings is 1. The van der Waals surface area contributed by atoms with E-state index >= 15 is 0 Å². The maximum Gasteiger partial charge on any atom is 0.286 e. The van der Waals surface area contributed by atoms with Gasteiger partial charge in [0.05, 0.1) is 5.52 Å². The largest absolute Gasteiger partial charge is 0.433 e. The van der Waals surface area contributed by atoms with Gasteiger partial charge in [-0.1, -0.05) is 17.7 Å². The fraction of sp³-hybridized carbons (Fsp3) is 0.0769. The summed E-state index contributed by atoms with van der Waals surface area (Å²) < 4.78 is 5.40. The number of hydrogen-bond donors (Lipinski definition) is 1. The molecular formula is C13H9ClN2O2. The molecular weight excluding hydrogens is 252 g/mol. The van der Waals surface area contributed by atoms with Gasteiger partial charge in [-0.2, -0.15) is 0 Å². The second kappa shape index (κ2) is 3.99. The molecule has 18 heavy (non-hydrogen) atoms. The van der Waals surface area contributed by atoms with Crippen LogP contribution in [0.1, 0.15) is 10.6 Å². The van der Waals surface area contributed by atoms with Crippen molar-refractivity contribution in [2.45, 2.75) is 0 Å². The molecule has 1 N–H and O–H groups in total. The van der Waals surface area contributed by atoms with Crippen LogP contribution in [0.25, 0.3) is 22.0 Å². The molecule has 0 saturated heterocycles. The summed E-state index contributed by atoms with van der Waals surface area (Å²) in [7, 11) is 1.55. The standard InChI is InChI=1S/C13H9ClN2O2/c1-15-12(17)11-5-8-4-7-2-3-9(14)6-10(7)16-13(8)18-11/h2-6H,1H3,(H,15,17). The Kier molecular flexibility index (Phi) is 2.45. The third-order valence-electron chi connectivity index (χ3n) is 2.72. The Morgan fingerprint density at radius 1 is 1.28 bits per heavy atom. The van der Waals surface area contributed by atoms with E-state index in [0.29, 0.717) is 10.7 Å². The van der Waals surface area contributed by atoms with Gasteiger partial charge in [0.1, 0.15) is 0 Å². The van der Waals surface area contributed by atoms with Crippen LogP contribution in [0, 0.1) is 0 Å². The molecule has 0 unspecified atom stereocenters. The molecule has 0 bridgehead atoms. The molecule has 3 rings (SSSR count). The second-order valence-corrected chi connectivity index (χ2v) is 4.35. The van der Waals surface area contributed by atoms with Crippen LogP contribution in [-0.4, -0.2) is 17.9 Å². The Labute approximate surface area is 108 Å². The van der Waals surface area contributed by atoms with Crippen molar-refractivity contribution in [3.05, 3.63) is 41.1 Å². The van der Waals surface area contributed by atoms with Crippen LogP contribution in [0.3, 0.4) is 0 Å². The number of nitrogens with one attached hydrogen (secondary N) is 1. The number of rotatable bonds is 1. The second-order valence-electron chi connectivity index (χ2n) is 3.91. The van der Waals surface area contributed by atoms with Crippen molar-refractivity contribution in [1.82, 2.24) is 10.3 Å². The highest BCUT2D eigenvalue weighted by atomic mass is 35.5. The van der Waals surface area contributed by atoms with Gasteiger partial charge in [-0.3, -0.25) is 4.79 Å². The van der Waals surface area contributed by atoms with Crippen molar-refractivity contribution >= 4 is 39.5 Å².